The number of ether oxygens (including phenoxy) is 1. The number of benzene rings is 2. The molecule has 0 N–H and O–H groups in total. The number of thiazole rings is 1. The van der Waals surface area contributed by atoms with Crippen LogP contribution in [0.4, 0.5) is 0 Å². The summed E-state index contributed by atoms with van der Waals surface area (Å²) in [5, 5.41) is 1.19. The SMILES string of the molecule is CCOC(=O)C1=C(C)N=c2sc(=Cc3ccc(-c4ccc(Cl)cc4)o3)c(=O)n2[C@H]1c1ccc(Cl)cc1. The Hall–Kier alpha value is -3.39. The summed E-state index contributed by atoms with van der Waals surface area (Å²) >= 11 is 13.3. The number of furan rings is 1. The first-order valence-electron chi connectivity index (χ1n) is 11.2. The number of rotatable bonds is 5. The van der Waals surface area contributed by atoms with Gasteiger partial charge in [0.05, 0.1) is 28.5 Å². The molecule has 0 saturated heterocycles. The molecule has 0 amide bonds. The zero-order chi connectivity index (χ0) is 25.4. The van der Waals surface area contributed by atoms with Crippen molar-refractivity contribution in [2.24, 2.45) is 4.99 Å². The summed E-state index contributed by atoms with van der Waals surface area (Å²) in [5.41, 5.74) is 2.15. The molecule has 0 aliphatic carbocycles. The quantitative estimate of drug-likeness (QED) is 0.320. The van der Waals surface area contributed by atoms with E-state index >= 15 is 0 Å². The van der Waals surface area contributed by atoms with E-state index in [0.29, 0.717) is 42.2 Å². The number of esters is 1. The molecule has 0 unspecified atom stereocenters. The Morgan fingerprint density at radius 3 is 2.42 bits per heavy atom. The zero-order valence-corrected chi connectivity index (χ0v) is 21.7. The third-order valence-corrected chi connectivity index (χ3v) is 7.22. The topological polar surface area (TPSA) is 73.8 Å². The second-order valence-electron chi connectivity index (χ2n) is 8.06. The standard InChI is InChI=1S/C27H20Cl2N2O4S/c1-3-34-26(33)23-15(2)30-27-31(24(23)17-6-10-19(29)11-7-17)25(32)22(36-27)14-20-12-13-21(35-20)16-4-8-18(28)9-5-16/h4-14,24H,3H2,1-2H3/t24-/m0/s1. The molecule has 3 heterocycles. The first-order chi connectivity index (χ1) is 17.4. The van der Waals surface area contributed by atoms with Crippen LogP contribution >= 0.6 is 34.5 Å². The summed E-state index contributed by atoms with van der Waals surface area (Å²) in [5.74, 6) is 0.673. The van der Waals surface area contributed by atoms with Crippen molar-refractivity contribution in [3.8, 4) is 11.3 Å². The molecule has 4 aromatic rings. The third-order valence-electron chi connectivity index (χ3n) is 5.73. The fourth-order valence-electron chi connectivity index (χ4n) is 4.08. The van der Waals surface area contributed by atoms with Crippen molar-refractivity contribution in [2.75, 3.05) is 6.61 Å². The minimum Gasteiger partial charge on any atom is -0.463 e. The molecule has 6 nitrogen and oxygen atoms in total. The molecular formula is C27H20Cl2N2O4S. The van der Waals surface area contributed by atoms with Crippen LogP contribution in [0.2, 0.25) is 10.0 Å². The van der Waals surface area contributed by atoms with Gasteiger partial charge in [0.2, 0.25) is 0 Å². The highest BCUT2D eigenvalue weighted by Crippen LogP contribution is 2.31. The van der Waals surface area contributed by atoms with Crippen LogP contribution in [0.15, 0.2) is 86.1 Å². The van der Waals surface area contributed by atoms with Gasteiger partial charge in [-0.2, -0.15) is 0 Å². The number of carbonyl (C=O) groups excluding carboxylic acids is 1. The number of hydrogen-bond acceptors (Lipinski definition) is 6. The first kappa shape index (κ1) is 24.3. The number of carbonyl (C=O) groups is 1. The van der Waals surface area contributed by atoms with Gasteiger partial charge in [-0.25, -0.2) is 9.79 Å². The zero-order valence-electron chi connectivity index (χ0n) is 19.3. The van der Waals surface area contributed by atoms with E-state index in [1.54, 1.807) is 62.4 Å². The van der Waals surface area contributed by atoms with Crippen molar-refractivity contribution in [3.63, 3.8) is 0 Å². The number of nitrogens with zero attached hydrogens (tertiary/aromatic N) is 2. The van der Waals surface area contributed by atoms with Gasteiger partial charge in [-0.05, 0) is 67.9 Å². The molecular weight excluding hydrogens is 519 g/mol. The molecule has 1 aliphatic rings. The maximum Gasteiger partial charge on any atom is 0.338 e. The van der Waals surface area contributed by atoms with E-state index in [0.717, 1.165) is 11.1 Å². The highest BCUT2D eigenvalue weighted by molar-refractivity contribution is 7.07. The normalized spacial score (nSPS) is 15.6. The smallest absolute Gasteiger partial charge is 0.338 e. The van der Waals surface area contributed by atoms with Gasteiger partial charge in [-0.3, -0.25) is 9.36 Å². The van der Waals surface area contributed by atoms with Crippen LogP contribution in [0, 0.1) is 0 Å². The summed E-state index contributed by atoms with van der Waals surface area (Å²) in [6.07, 6.45) is 1.69. The molecule has 5 rings (SSSR count). The number of hydrogen-bond donors (Lipinski definition) is 0. The summed E-state index contributed by atoms with van der Waals surface area (Å²) in [6.45, 7) is 3.70. The van der Waals surface area contributed by atoms with Crippen molar-refractivity contribution in [1.29, 1.82) is 0 Å². The largest absolute Gasteiger partial charge is 0.463 e. The Kier molecular flexibility index (Phi) is 6.71. The predicted octanol–water partition coefficient (Wildman–Crippen LogP) is 5.37. The van der Waals surface area contributed by atoms with E-state index in [1.165, 1.54) is 15.9 Å². The highest BCUT2D eigenvalue weighted by Gasteiger charge is 2.33. The Bertz CT molecular complexity index is 1660. The van der Waals surface area contributed by atoms with Gasteiger partial charge in [-0.1, -0.05) is 46.7 Å². The molecule has 9 heteroatoms. The number of allylic oxidation sites excluding steroid dienone is 1. The van der Waals surface area contributed by atoms with Crippen molar-refractivity contribution in [3.05, 3.63) is 113 Å². The molecule has 2 aromatic carbocycles. The molecule has 0 fully saturated rings. The van der Waals surface area contributed by atoms with Crippen LogP contribution in [0.25, 0.3) is 17.4 Å². The second-order valence-corrected chi connectivity index (χ2v) is 9.94. The summed E-state index contributed by atoms with van der Waals surface area (Å²) in [6, 6.07) is 17.3. The Labute approximate surface area is 220 Å². The maximum absolute atomic E-state index is 13.6. The lowest BCUT2D eigenvalue weighted by atomic mass is 9.96. The van der Waals surface area contributed by atoms with Crippen molar-refractivity contribution < 1.29 is 13.9 Å². The van der Waals surface area contributed by atoms with Gasteiger partial charge in [0, 0.05) is 21.7 Å². The van der Waals surface area contributed by atoms with Gasteiger partial charge in [-0.15, -0.1) is 0 Å². The maximum atomic E-state index is 13.6. The molecule has 0 radical (unpaired) electrons. The van der Waals surface area contributed by atoms with Crippen LogP contribution < -0.4 is 14.9 Å². The summed E-state index contributed by atoms with van der Waals surface area (Å²) < 4.78 is 13.2. The van der Waals surface area contributed by atoms with Gasteiger partial charge < -0.3 is 9.15 Å². The molecule has 0 spiro atoms. The molecule has 0 saturated carbocycles. The molecule has 0 bridgehead atoms. The van der Waals surface area contributed by atoms with E-state index in [9.17, 15) is 9.59 Å². The van der Waals surface area contributed by atoms with Gasteiger partial charge in [0.15, 0.2) is 4.80 Å². The monoisotopic (exact) mass is 538 g/mol. The lowest BCUT2D eigenvalue weighted by Gasteiger charge is -2.24. The first-order valence-corrected chi connectivity index (χ1v) is 12.7. The van der Waals surface area contributed by atoms with Gasteiger partial charge in [0.25, 0.3) is 5.56 Å². The highest BCUT2D eigenvalue weighted by atomic mass is 35.5. The molecule has 182 valence electrons. The molecule has 2 aromatic heterocycles. The molecule has 1 aliphatic heterocycles. The molecule has 36 heavy (non-hydrogen) atoms. The van der Waals surface area contributed by atoms with Crippen molar-refractivity contribution in [1.82, 2.24) is 4.57 Å². The third kappa shape index (κ3) is 4.57. The minimum absolute atomic E-state index is 0.210. The average Bonchev–Trinajstić information content (AvgIpc) is 3.44. The van der Waals surface area contributed by atoms with Crippen molar-refractivity contribution in [2.45, 2.75) is 19.9 Å². The van der Waals surface area contributed by atoms with E-state index in [-0.39, 0.29) is 12.2 Å². The second kappa shape index (κ2) is 9.93. The minimum atomic E-state index is -0.694. The number of aromatic nitrogens is 1. The number of halogens is 2. The fraction of sp³-hybridized carbons (Fsp3) is 0.148. The van der Waals surface area contributed by atoms with E-state index in [1.807, 2.05) is 18.2 Å². The Morgan fingerprint density at radius 2 is 1.75 bits per heavy atom. The number of fused-ring (bicyclic) bond motifs is 1. The Morgan fingerprint density at radius 1 is 1.08 bits per heavy atom. The van der Waals surface area contributed by atoms with E-state index < -0.39 is 12.0 Å². The van der Waals surface area contributed by atoms with Gasteiger partial charge in [0.1, 0.15) is 11.5 Å². The molecule has 1 atom stereocenters. The summed E-state index contributed by atoms with van der Waals surface area (Å²) in [7, 11) is 0. The van der Waals surface area contributed by atoms with Gasteiger partial charge >= 0.3 is 5.97 Å². The summed E-state index contributed by atoms with van der Waals surface area (Å²) in [4.78, 5) is 31.6. The van der Waals surface area contributed by atoms with Crippen LogP contribution in [-0.2, 0) is 9.53 Å². The van der Waals surface area contributed by atoms with Crippen molar-refractivity contribution >= 4 is 46.6 Å². The van der Waals surface area contributed by atoms with Crippen LogP contribution in [0.5, 0.6) is 0 Å². The fourth-order valence-corrected chi connectivity index (χ4v) is 5.36. The Balaban J connectivity index is 1.63. The predicted molar refractivity (Wildman–Crippen MR) is 141 cm³/mol. The van der Waals surface area contributed by atoms with Crippen LogP contribution in [-0.4, -0.2) is 17.1 Å². The van der Waals surface area contributed by atoms with Crippen LogP contribution in [0.3, 0.4) is 0 Å². The lowest BCUT2D eigenvalue weighted by Crippen LogP contribution is -2.39. The lowest BCUT2D eigenvalue weighted by molar-refractivity contribution is -0.139. The van der Waals surface area contributed by atoms with E-state index in [4.69, 9.17) is 32.4 Å². The average molecular weight is 539 g/mol. The van der Waals surface area contributed by atoms with Crippen LogP contribution in [0.1, 0.15) is 31.2 Å². The van der Waals surface area contributed by atoms with E-state index in [2.05, 4.69) is 4.99 Å².